The Kier molecular flexibility index (Phi) is 6.48. The molecular formula is C25H20N4O3. The van der Waals surface area contributed by atoms with Gasteiger partial charge in [-0.2, -0.15) is 0 Å². The second-order valence-corrected chi connectivity index (χ2v) is 6.81. The fourth-order valence-corrected chi connectivity index (χ4v) is 3.03. The molecule has 158 valence electrons. The van der Waals surface area contributed by atoms with Crippen LogP contribution >= 0.6 is 0 Å². The van der Waals surface area contributed by atoms with Gasteiger partial charge in [0.1, 0.15) is 11.6 Å². The number of aromatic nitrogens is 3. The average molecular weight is 424 g/mol. The first-order valence-corrected chi connectivity index (χ1v) is 9.91. The van der Waals surface area contributed by atoms with Gasteiger partial charge in [-0.25, -0.2) is 14.8 Å². The Morgan fingerprint density at radius 3 is 2.56 bits per heavy atom. The van der Waals surface area contributed by atoms with Gasteiger partial charge in [0, 0.05) is 48.4 Å². The van der Waals surface area contributed by atoms with Gasteiger partial charge in [-0.05, 0) is 42.0 Å². The van der Waals surface area contributed by atoms with Crippen LogP contribution in [-0.2, 0) is 11.3 Å². The van der Waals surface area contributed by atoms with Crippen molar-refractivity contribution in [3.05, 3.63) is 114 Å². The molecular weight excluding hydrogens is 404 g/mol. The van der Waals surface area contributed by atoms with Crippen LogP contribution in [0.2, 0.25) is 0 Å². The van der Waals surface area contributed by atoms with Crippen LogP contribution < -0.4 is 10.1 Å². The predicted molar refractivity (Wildman–Crippen MR) is 121 cm³/mol. The minimum atomic E-state index is -1.06. The third-order valence-electron chi connectivity index (χ3n) is 4.52. The molecule has 0 radical (unpaired) electrons. The van der Waals surface area contributed by atoms with Crippen molar-refractivity contribution >= 4 is 17.4 Å². The zero-order valence-electron chi connectivity index (χ0n) is 17.1. The molecule has 0 saturated carbocycles. The number of pyridine rings is 3. The minimum absolute atomic E-state index is 0.363. The number of carboxylic acid groups (broad SMARTS) is 1. The first-order valence-electron chi connectivity index (χ1n) is 9.91. The third kappa shape index (κ3) is 5.54. The Bertz CT molecular complexity index is 1210. The lowest BCUT2D eigenvalue weighted by Crippen LogP contribution is -2.01. The van der Waals surface area contributed by atoms with E-state index in [0.29, 0.717) is 35.0 Å². The molecule has 0 saturated heterocycles. The van der Waals surface area contributed by atoms with Gasteiger partial charge in [-0.15, -0.1) is 0 Å². The quantitative estimate of drug-likeness (QED) is 0.392. The Morgan fingerprint density at radius 1 is 0.969 bits per heavy atom. The van der Waals surface area contributed by atoms with Crippen molar-refractivity contribution < 1.29 is 14.6 Å². The van der Waals surface area contributed by atoms with Gasteiger partial charge < -0.3 is 15.2 Å². The van der Waals surface area contributed by atoms with Crippen LogP contribution in [0.5, 0.6) is 11.6 Å². The summed E-state index contributed by atoms with van der Waals surface area (Å²) in [7, 11) is 0. The molecule has 4 rings (SSSR count). The summed E-state index contributed by atoms with van der Waals surface area (Å²) in [6.45, 7) is 0.638. The van der Waals surface area contributed by atoms with Gasteiger partial charge in [0.05, 0.1) is 5.69 Å². The Hall–Kier alpha value is -4.52. The smallest absolute Gasteiger partial charge is 0.329 e. The van der Waals surface area contributed by atoms with Crippen molar-refractivity contribution in [2.24, 2.45) is 0 Å². The highest BCUT2D eigenvalue weighted by Gasteiger charge is 2.11. The van der Waals surface area contributed by atoms with Crippen LogP contribution in [0.4, 0.5) is 5.82 Å². The van der Waals surface area contributed by atoms with Gasteiger partial charge in [-0.1, -0.05) is 30.3 Å². The van der Waals surface area contributed by atoms with E-state index in [1.807, 2.05) is 42.5 Å². The predicted octanol–water partition coefficient (Wildman–Crippen LogP) is 4.79. The summed E-state index contributed by atoms with van der Waals surface area (Å²) in [6.07, 6.45) is 6.09. The number of hydrogen-bond donors (Lipinski definition) is 2. The normalized spacial score (nSPS) is 11.1. The summed E-state index contributed by atoms with van der Waals surface area (Å²) in [5.74, 6) is 0.739. The van der Waals surface area contributed by atoms with E-state index in [0.717, 1.165) is 17.5 Å². The summed E-state index contributed by atoms with van der Waals surface area (Å²) < 4.78 is 5.89. The third-order valence-corrected chi connectivity index (χ3v) is 4.52. The molecule has 3 aromatic heterocycles. The molecule has 32 heavy (non-hydrogen) atoms. The number of nitrogens with one attached hydrogen (secondary N) is 1. The number of benzene rings is 1. The van der Waals surface area contributed by atoms with Gasteiger partial charge in [0.2, 0.25) is 5.88 Å². The van der Waals surface area contributed by atoms with Crippen LogP contribution in [0, 0.1) is 0 Å². The van der Waals surface area contributed by atoms with E-state index in [2.05, 4.69) is 20.3 Å². The number of ether oxygens (including phenoxy) is 1. The highest BCUT2D eigenvalue weighted by molar-refractivity contribution is 5.94. The number of rotatable bonds is 8. The first-order chi connectivity index (χ1) is 15.7. The molecule has 0 spiro atoms. The number of hydrogen-bond acceptors (Lipinski definition) is 6. The molecule has 0 aliphatic rings. The van der Waals surface area contributed by atoms with Crippen molar-refractivity contribution in [1.29, 1.82) is 0 Å². The van der Waals surface area contributed by atoms with Crippen LogP contribution in [0.1, 0.15) is 16.8 Å². The number of carboxylic acids is 1. The minimum Gasteiger partial charge on any atom is -0.478 e. The zero-order chi connectivity index (χ0) is 22.2. The van der Waals surface area contributed by atoms with Crippen LogP contribution in [-0.4, -0.2) is 26.0 Å². The maximum absolute atomic E-state index is 11.3. The average Bonchev–Trinajstić information content (AvgIpc) is 2.83. The summed E-state index contributed by atoms with van der Waals surface area (Å²) in [4.78, 5) is 24.1. The molecule has 2 N–H and O–H groups in total. The summed E-state index contributed by atoms with van der Waals surface area (Å²) in [5.41, 5.74) is 2.67. The van der Waals surface area contributed by atoms with Gasteiger partial charge in [0.15, 0.2) is 0 Å². The highest BCUT2D eigenvalue weighted by Crippen LogP contribution is 2.25. The molecule has 0 bridgehead atoms. The van der Waals surface area contributed by atoms with Crippen molar-refractivity contribution in [3.8, 4) is 11.6 Å². The molecule has 4 aromatic rings. The van der Waals surface area contributed by atoms with Gasteiger partial charge in [-0.3, -0.25) is 4.98 Å². The topological polar surface area (TPSA) is 97.2 Å². The fourth-order valence-electron chi connectivity index (χ4n) is 3.03. The number of anilines is 1. The fraction of sp³-hybridized carbons (Fsp3) is 0.0400. The van der Waals surface area contributed by atoms with Gasteiger partial charge >= 0.3 is 5.97 Å². The van der Waals surface area contributed by atoms with E-state index in [1.165, 1.54) is 0 Å². The maximum atomic E-state index is 11.3. The second-order valence-electron chi connectivity index (χ2n) is 6.81. The summed E-state index contributed by atoms with van der Waals surface area (Å²) in [6, 6.07) is 22.1. The number of carbonyl (C=O) groups is 1. The Labute approximate surface area is 185 Å². The lowest BCUT2D eigenvalue weighted by Gasteiger charge is -2.10. The lowest BCUT2D eigenvalue weighted by molar-refractivity contribution is -0.131. The second kappa shape index (κ2) is 9.99. The van der Waals surface area contributed by atoms with Gasteiger partial charge in [0.25, 0.3) is 0 Å². The molecule has 0 fully saturated rings. The lowest BCUT2D eigenvalue weighted by atomic mass is 10.0. The van der Waals surface area contributed by atoms with E-state index >= 15 is 0 Å². The standard InChI is InChI=1S/C25H20N4O3/c30-25(31)15-21(19-5-4-13-26-17-19)22-6-3-8-24(29-22)32-20-11-9-18(10-12-20)16-28-23-7-1-2-14-27-23/h1-15,17H,16H2,(H,27,28)(H,30,31). The van der Waals surface area contributed by atoms with E-state index in [1.54, 1.807) is 48.9 Å². The largest absolute Gasteiger partial charge is 0.478 e. The van der Waals surface area contributed by atoms with Crippen molar-refractivity contribution in [1.82, 2.24) is 15.0 Å². The molecule has 0 amide bonds. The van der Waals surface area contributed by atoms with Crippen LogP contribution in [0.15, 0.2) is 97.5 Å². The van der Waals surface area contributed by atoms with E-state index < -0.39 is 5.97 Å². The summed E-state index contributed by atoms with van der Waals surface area (Å²) >= 11 is 0. The first kappa shape index (κ1) is 20.7. The molecule has 7 heteroatoms. The number of aliphatic carboxylic acids is 1. The Balaban J connectivity index is 1.48. The van der Waals surface area contributed by atoms with E-state index in [4.69, 9.17) is 4.74 Å². The molecule has 0 unspecified atom stereocenters. The van der Waals surface area contributed by atoms with Crippen molar-refractivity contribution in [3.63, 3.8) is 0 Å². The maximum Gasteiger partial charge on any atom is 0.329 e. The molecule has 0 aliphatic carbocycles. The van der Waals surface area contributed by atoms with Crippen molar-refractivity contribution in [2.45, 2.75) is 6.54 Å². The monoisotopic (exact) mass is 424 g/mol. The molecule has 7 nitrogen and oxygen atoms in total. The molecule has 0 atom stereocenters. The number of nitrogens with zero attached hydrogens (tertiary/aromatic N) is 3. The van der Waals surface area contributed by atoms with E-state index in [9.17, 15) is 9.90 Å². The van der Waals surface area contributed by atoms with Crippen molar-refractivity contribution in [2.75, 3.05) is 5.32 Å². The van der Waals surface area contributed by atoms with Crippen LogP contribution in [0.3, 0.4) is 0 Å². The molecule has 3 heterocycles. The SMILES string of the molecule is O=C(O)C=C(c1cccnc1)c1cccc(Oc2ccc(CNc3ccccn3)cc2)n1. The highest BCUT2D eigenvalue weighted by atomic mass is 16.5. The van der Waals surface area contributed by atoms with E-state index in [-0.39, 0.29) is 0 Å². The zero-order valence-corrected chi connectivity index (χ0v) is 17.1. The summed E-state index contributed by atoms with van der Waals surface area (Å²) in [5, 5.41) is 12.5. The van der Waals surface area contributed by atoms with Crippen LogP contribution in [0.25, 0.3) is 5.57 Å². The molecule has 0 aliphatic heterocycles. The Morgan fingerprint density at radius 2 is 1.84 bits per heavy atom. The molecule has 1 aromatic carbocycles.